The standard InChI is InChI=1S/C19H17F3N4O4/c1-3-18(2)15(27)26(17(28)25-18)11-7-23-16(24-8-11)30-12-5-4-10-9-29-14(13(10)6-12)19(20,21)22/h5-9,14H,3-4H2,1-2H3,(H,25,28)/t14?,18-/m1/s1. The third-order valence-electron chi connectivity index (χ3n) is 5.17. The van der Waals surface area contributed by atoms with Gasteiger partial charge in [0.05, 0.1) is 24.3 Å². The lowest BCUT2D eigenvalue weighted by atomic mass is 9.95. The fraction of sp³-hybridized carbons (Fsp3) is 0.368. The predicted molar refractivity (Wildman–Crippen MR) is 97.2 cm³/mol. The van der Waals surface area contributed by atoms with Crippen LogP contribution in [-0.2, 0) is 9.53 Å². The second kappa shape index (κ2) is 6.85. The summed E-state index contributed by atoms with van der Waals surface area (Å²) in [6, 6.07) is -0.720. The van der Waals surface area contributed by atoms with Crippen LogP contribution in [0.4, 0.5) is 23.7 Å². The smallest absolute Gasteiger partial charge is 0.429 e. The van der Waals surface area contributed by atoms with Crippen LogP contribution >= 0.6 is 0 Å². The third-order valence-corrected chi connectivity index (χ3v) is 5.17. The summed E-state index contributed by atoms with van der Waals surface area (Å²) in [6.07, 6.45) is 0.449. The largest absolute Gasteiger partial charge is 0.483 e. The zero-order chi connectivity index (χ0) is 21.7. The highest BCUT2D eigenvalue weighted by atomic mass is 19.4. The molecular weight excluding hydrogens is 405 g/mol. The van der Waals surface area contributed by atoms with Crippen molar-refractivity contribution in [2.24, 2.45) is 0 Å². The number of amides is 3. The zero-order valence-corrected chi connectivity index (χ0v) is 16.0. The van der Waals surface area contributed by atoms with Crippen LogP contribution in [0.5, 0.6) is 6.01 Å². The average Bonchev–Trinajstić information content (AvgIpc) is 3.21. The fourth-order valence-corrected chi connectivity index (χ4v) is 3.28. The van der Waals surface area contributed by atoms with Crippen molar-refractivity contribution in [3.05, 3.63) is 47.7 Å². The molecule has 1 aromatic heterocycles. The summed E-state index contributed by atoms with van der Waals surface area (Å²) in [5, 5.41) is 2.62. The van der Waals surface area contributed by atoms with E-state index in [0.717, 1.165) is 11.2 Å². The molecule has 1 aliphatic carbocycles. The summed E-state index contributed by atoms with van der Waals surface area (Å²) in [5.74, 6) is -0.283. The van der Waals surface area contributed by atoms with Gasteiger partial charge < -0.3 is 14.8 Å². The summed E-state index contributed by atoms with van der Waals surface area (Å²) in [5.41, 5.74) is -0.438. The number of allylic oxidation sites excluding steroid dienone is 2. The van der Waals surface area contributed by atoms with Crippen LogP contribution < -0.4 is 15.0 Å². The molecule has 0 saturated carbocycles. The van der Waals surface area contributed by atoms with E-state index >= 15 is 0 Å². The first kappa shape index (κ1) is 19.9. The molecule has 2 aliphatic heterocycles. The van der Waals surface area contributed by atoms with Crippen LogP contribution in [0.25, 0.3) is 0 Å². The van der Waals surface area contributed by atoms with Crippen LogP contribution in [0, 0.1) is 0 Å². The third kappa shape index (κ3) is 3.29. The van der Waals surface area contributed by atoms with Crippen molar-refractivity contribution < 1.29 is 32.2 Å². The van der Waals surface area contributed by atoms with Crippen LogP contribution in [-0.4, -0.2) is 39.7 Å². The number of nitrogens with one attached hydrogen (secondary N) is 1. The molecular formula is C19H17F3N4O4. The SMILES string of the molecule is CC[C@@]1(C)NC(=O)N(c2cnc(OC3=CCC4=COC(C(F)(F)F)C4=C3)nc2)C1=O. The Morgan fingerprint density at radius 3 is 2.63 bits per heavy atom. The first-order valence-corrected chi connectivity index (χ1v) is 9.12. The van der Waals surface area contributed by atoms with E-state index in [4.69, 9.17) is 9.47 Å². The molecule has 1 unspecified atom stereocenters. The number of anilines is 1. The lowest BCUT2D eigenvalue weighted by molar-refractivity contribution is -0.188. The van der Waals surface area contributed by atoms with Crippen molar-refractivity contribution in [3.8, 4) is 6.01 Å². The molecule has 11 heteroatoms. The average molecular weight is 422 g/mol. The van der Waals surface area contributed by atoms with Crippen molar-refractivity contribution in [1.29, 1.82) is 0 Å². The van der Waals surface area contributed by atoms with Crippen molar-refractivity contribution >= 4 is 17.6 Å². The molecule has 3 amide bonds. The normalized spacial score (nSPS) is 25.8. The maximum absolute atomic E-state index is 13.1. The van der Waals surface area contributed by atoms with Crippen LogP contribution in [0.15, 0.2) is 47.7 Å². The highest BCUT2D eigenvalue weighted by molar-refractivity contribution is 6.23. The second-order valence-corrected chi connectivity index (χ2v) is 7.19. The summed E-state index contributed by atoms with van der Waals surface area (Å²) in [7, 11) is 0. The van der Waals surface area contributed by atoms with Gasteiger partial charge in [-0.3, -0.25) is 4.79 Å². The number of carbonyl (C=O) groups is 2. The number of aromatic nitrogens is 2. The van der Waals surface area contributed by atoms with Crippen molar-refractivity contribution in [1.82, 2.24) is 15.3 Å². The number of fused-ring (bicyclic) bond motifs is 1. The fourth-order valence-electron chi connectivity index (χ4n) is 3.28. The van der Waals surface area contributed by atoms with Gasteiger partial charge in [0.25, 0.3) is 5.91 Å². The van der Waals surface area contributed by atoms with E-state index in [1.54, 1.807) is 19.9 Å². The van der Waals surface area contributed by atoms with E-state index in [1.807, 2.05) is 0 Å². The first-order valence-electron chi connectivity index (χ1n) is 9.12. The molecule has 4 rings (SSSR count). The number of halogens is 3. The van der Waals surface area contributed by atoms with E-state index in [1.165, 1.54) is 18.5 Å². The number of imide groups is 1. The van der Waals surface area contributed by atoms with Gasteiger partial charge in [-0.15, -0.1) is 0 Å². The Morgan fingerprint density at radius 2 is 2.03 bits per heavy atom. The van der Waals surface area contributed by atoms with E-state index in [-0.39, 0.29) is 29.5 Å². The van der Waals surface area contributed by atoms with Gasteiger partial charge in [0.1, 0.15) is 11.3 Å². The Bertz CT molecular complexity index is 1000. The molecule has 3 aliphatic rings. The minimum absolute atomic E-state index is 0.0187. The molecule has 0 bridgehead atoms. The maximum atomic E-state index is 13.1. The molecule has 1 fully saturated rings. The van der Waals surface area contributed by atoms with Gasteiger partial charge in [0.2, 0.25) is 6.10 Å². The van der Waals surface area contributed by atoms with Gasteiger partial charge in [0.15, 0.2) is 0 Å². The Labute approximate surface area is 169 Å². The molecule has 0 radical (unpaired) electrons. The van der Waals surface area contributed by atoms with Gasteiger partial charge in [-0.25, -0.2) is 19.7 Å². The van der Waals surface area contributed by atoms with Crippen LogP contribution in [0.2, 0.25) is 0 Å². The molecule has 0 aromatic carbocycles. The Kier molecular flexibility index (Phi) is 4.55. The molecule has 3 heterocycles. The van der Waals surface area contributed by atoms with Crippen molar-refractivity contribution in [3.63, 3.8) is 0 Å². The van der Waals surface area contributed by atoms with Crippen LogP contribution in [0.3, 0.4) is 0 Å². The van der Waals surface area contributed by atoms with Gasteiger partial charge in [0, 0.05) is 5.57 Å². The highest BCUT2D eigenvalue weighted by Crippen LogP contribution is 2.40. The van der Waals surface area contributed by atoms with Crippen molar-refractivity contribution in [2.75, 3.05) is 4.90 Å². The first-order chi connectivity index (χ1) is 14.1. The number of rotatable bonds is 4. The predicted octanol–water partition coefficient (Wildman–Crippen LogP) is 3.14. The minimum atomic E-state index is -4.54. The number of nitrogens with zero attached hydrogens (tertiary/aromatic N) is 3. The van der Waals surface area contributed by atoms with E-state index in [0.29, 0.717) is 12.0 Å². The van der Waals surface area contributed by atoms with Gasteiger partial charge in [-0.05, 0) is 37.5 Å². The quantitative estimate of drug-likeness (QED) is 0.750. The van der Waals surface area contributed by atoms with Gasteiger partial charge >= 0.3 is 18.2 Å². The molecule has 2 atom stereocenters. The number of carbonyl (C=O) groups excluding carboxylic acids is 2. The Hall–Kier alpha value is -3.37. The number of ether oxygens (including phenoxy) is 2. The summed E-state index contributed by atoms with van der Waals surface area (Å²) < 4.78 is 49.4. The van der Waals surface area contributed by atoms with E-state index in [9.17, 15) is 22.8 Å². The Morgan fingerprint density at radius 1 is 1.33 bits per heavy atom. The molecule has 158 valence electrons. The lowest BCUT2D eigenvalue weighted by Gasteiger charge is -2.20. The summed E-state index contributed by atoms with van der Waals surface area (Å²) >= 11 is 0. The summed E-state index contributed by atoms with van der Waals surface area (Å²) in [4.78, 5) is 33.6. The monoisotopic (exact) mass is 422 g/mol. The van der Waals surface area contributed by atoms with Crippen LogP contribution in [0.1, 0.15) is 26.7 Å². The number of hydrogen-bond donors (Lipinski definition) is 1. The molecule has 1 saturated heterocycles. The number of hydrogen-bond acceptors (Lipinski definition) is 6. The van der Waals surface area contributed by atoms with Gasteiger partial charge in [-0.2, -0.15) is 13.2 Å². The highest BCUT2D eigenvalue weighted by Gasteiger charge is 2.48. The minimum Gasteiger partial charge on any atom is -0.483 e. The maximum Gasteiger partial charge on any atom is 0.429 e. The molecule has 1 N–H and O–H groups in total. The lowest BCUT2D eigenvalue weighted by Crippen LogP contribution is -2.43. The molecule has 30 heavy (non-hydrogen) atoms. The molecule has 0 spiro atoms. The zero-order valence-electron chi connectivity index (χ0n) is 16.0. The topological polar surface area (TPSA) is 93.7 Å². The summed E-state index contributed by atoms with van der Waals surface area (Å²) in [6.45, 7) is 3.40. The Balaban J connectivity index is 1.50. The second-order valence-electron chi connectivity index (χ2n) is 7.19. The van der Waals surface area contributed by atoms with E-state index in [2.05, 4.69) is 15.3 Å². The van der Waals surface area contributed by atoms with Crippen molar-refractivity contribution in [2.45, 2.75) is 44.5 Å². The molecule has 8 nitrogen and oxygen atoms in total. The van der Waals surface area contributed by atoms with Gasteiger partial charge in [-0.1, -0.05) is 6.92 Å². The number of urea groups is 1. The van der Waals surface area contributed by atoms with E-state index < -0.39 is 29.8 Å². The number of alkyl halides is 3. The molecule has 1 aromatic rings.